The van der Waals surface area contributed by atoms with Crippen LogP contribution in [0.4, 0.5) is 4.39 Å². The van der Waals surface area contributed by atoms with E-state index in [1.54, 1.807) is 19.1 Å². The van der Waals surface area contributed by atoms with Crippen LogP contribution in [0.3, 0.4) is 0 Å². The van der Waals surface area contributed by atoms with E-state index in [4.69, 9.17) is 5.84 Å². The van der Waals surface area contributed by atoms with Crippen LogP contribution in [0, 0.1) is 12.7 Å². The highest BCUT2D eigenvalue weighted by Gasteiger charge is 2.18. The first kappa shape index (κ1) is 14.6. The van der Waals surface area contributed by atoms with Gasteiger partial charge in [-0.3, -0.25) is 16.0 Å². The van der Waals surface area contributed by atoms with Crippen LogP contribution in [0.2, 0.25) is 0 Å². The van der Waals surface area contributed by atoms with Crippen molar-refractivity contribution in [2.24, 2.45) is 5.84 Å². The number of aryl methyl sites for hydroxylation is 2. The van der Waals surface area contributed by atoms with Gasteiger partial charge in [0.25, 0.3) is 0 Å². The van der Waals surface area contributed by atoms with Crippen molar-refractivity contribution < 1.29 is 4.39 Å². The van der Waals surface area contributed by atoms with E-state index < -0.39 is 0 Å². The average Bonchev–Trinajstić information content (AvgIpc) is 2.87. The maximum absolute atomic E-state index is 14.2. The van der Waals surface area contributed by atoms with Crippen molar-refractivity contribution in [2.75, 3.05) is 0 Å². The Morgan fingerprint density at radius 3 is 2.95 bits per heavy atom. The lowest BCUT2D eigenvalue weighted by molar-refractivity contribution is 0.477. The van der Waals surface area contributed by atoms with Gasteiger partial charge in [0, 0.05) is 18.5 Å². The number of nitrogens with two attached hydrogens (primary N) is 1. The Kier molecular flexibility index (Phi) is 4.81. The number of hydrazine groups is 1. The normalized spacial score (nSPS) is 12.6. The third-order valence-electron chi connectivity index (χ3n) is 3.32. The first-order valence-electron chi connectivity index (χ1n) is 6.75. The standard InChI is InChI=1S/C14H20FN5/c1-3-7-20-13(17-9-18-20)8-12(19-16)11-6-4-5-10(2)14(11)15/h4-6,9,12,19H,3,7-8,16H2,1-2H3. The molecule has 0 aliphatic carbocycles. The van der Waals surface area contributed by atoms with Crippen LogP contribution in [-0.2, 0) is 13.0 Å². The van der Waals surface area contributed by atoms with E-state index in [1.165, 1.54) is 6.33 Å². The van der Waals surface area contributed by atoms with Gasteiger partial charge in [0.05, 0.1) is 6.04 Å². The van der Waals surface area contributed by atoms with E-state index >= 15 is 0 Å². The summed E-state index contributed by atoms with van der Waals surface area (Å²) in [6, 6.07) is 4.99. The summed E-state index contributed by atoms with van der Waals surface area (Å²) >= 11 is 0. The quantitative estimate of drug-likeness (QED) is 0.625. The van der Waals surface area contributed by atoms with Gasteiger partial charge in [-0.2, -0.15) is 5.10 Å². The van der Waals surface area contributed by atoms with Crippen molar-refractivity contribution in [1.29, 1.82) is 0 Å². The Morgan fingerprint density at radius 2 is 2.25 bits per heavy atom. The van der Waals surface area contributed by atoms with Crippen LogP contribution >= 0.6 is 0 Å². The molecule has 0 amide bonds. The highest BCUT2D eigenvalue weighted by Crippen LogP contribution is 2.22. The zero-order valence-electron chi connectivity index (χ0n) is 11.8. The Bertz CT molecular complexity index is 566. The Balaban J connectivity index is 2.24. The molecule has 1 aromatic heterocycles. The number of halogens is 1. The highest BCUT2D eigenvalue weighted by molar-refractivity contribution is 5.28. The molecule has 3 N–H and O–H groups in total. The molecule has 2 rings (SSSR count). The van der Waals surface area contributed by atoms with Gasteiger partial charge in [-0.25, -0.2) is 9.37 Å². The van der Waals surface area contributed by atoms with Gasteiger partial charge in [-0.05, 0) is 18.9 Å². The van der Waals surface area contributed by atoms with E-state index in [9.17, 15) is 4.39 Å². The second-order valence-corrected chi connectivity index (χ2v) is 4.80. The van der Waals surface area contributed by atoms with Crippen LogP contribution in [0.15, 0.2) is 24.5 Å². The van der Waals surface area contributed by atoms with Crippen LogP contribution in [0.1, 0.15) is 36.3 Å². The summed E-state index contributed by atoms with van der Waals surface area (Å²) in [6.07, 6.45) is 2.98. The molecule has 0 radical (unpaired) electrons. The number of rotatable bonds is 6. The minimum absolute atomic E-state index is 0.225. The van der Waals surface area contributed by atoms with E-state index in [2.05, 4.69) is 22.4 Å². The number of hydrogen-bond donors (Lipinski definition) is 2. The summed E-state index contributed by atoms with van der Waals surface area (Å²) in [5.74, 6) is 6.17. The van der Waals surface area contributed by atoms with Crippen LogP contribution < -0.4 is 11.3 Å². The maximum atomic E-state index is 14.2. The molecule has 0 bridgehead atoms. The zero-order chi connectivity index (χ0) is 14.5. The van der Waals surface area contributed by atoms with Gasteiger partial charge in [0.1, 0.15) is 18.0 Å². The molecule has 108 valence electrons. The van der Waals surface area contributed by atoms with Gasteiger partial charge >= 0.3 is 0 Å². The number of hydrogen-bond acceptors (Lipinski definition) is 4. The third kappa shape index (κ3) is 3.02. The summed E-state index contributed by atoms with van der Waals surface area (Å²) in [4.78, 5) is 4.23. The SMILES string of the molecule is CCCn1ncnc1CC(NN)c1cccc(C)c1F. The summed E-state index contributed by atoms with van der Waals surface area (Å²) in [5.41, 5.74) is 3.84. The lowest BCUT2D eigenvalue weighted by atomic mass is 10.0. The molecule has 0 spiro atoms. The van der Waals surface area contributed by atoms with Crippen molar-refractivity contribution in [3.8, 4) is 0 Å². The fourth-order valence-corrected chi connectivity index (χ4v) is 2.23. The fraction of sp³-hybridized carbons (Fsp3) is 0.429. The summed E-state index contributed by atoms with van der Waals surface area (Å²) < 4.78 is 16.0. The molecule has 2 aromatic rings. The summed E-state index contributed by atoms with van der Waals surface area (Å²) in [7, 11) is 0. The molecule has 0 aliphatic heterocycles. The van der Waals surface area contributed by atoms with Crippen molar-refractivity contribution in [3.05, 3.63) is 47.3 Å². The molecule has 20 heavy (non-hydrogen) atoms. The Hall–Kier alpha value is -1.79. The largest absolute Gasteiger partial charge is 0.271 e. The molecule has 1 atom stereocenters. The maximum Gasteiger partial charge on any atom is 0.138 e. The Morgan fingerprint density at radius 1 is 1.45 bits per heavy atom. The number of benzene rings is 1. The first-order chi connectivity index (χ1) is 9.67. The number of aromatic nitrogens is 3. The van der Waals surface area contributed by atoms with E-state index in [-0.39, 0.29) is 11.9 Å². The minimum Gasteiger partial charge on any atom is -0.271 e. The lowest BCUT2D eigenvalue weighted by Crippen LogP contribution is -2.31. The highest BCUT2D eigenvalue weighted by atomic mass is 19.1. The second kappa shape index (κ2) is 6.58. The van der Waals surface area contributed by atoms with Gasteiger partial charge < -0.3 is 0 Å². The summed E-state index contributed by atoms with van der Waals surface area (Å²) in [6.45, 7) is 4.61. The predicted octanol–water partition coefficient (Wildman–Crippen LogP) is 1.88. The summed E-state index contributed by atoms with van der Waals surface area (Å²) in [5, 5.41) is 4.17. The molecular formula is C14H20FN5. The van der Waals surface area contributed by atoms with Crippen LogP contribution in [-0.4, -0.2) is 14.8 Å². The minimum atomic E-state index is -0.324. The molecule has 0 saturated carbocycles. The second-order valence-electron chi connectivity index (χ2n) is 4.80. The van der Waals surface area contributed by atoms with Gasteiger partial charge in [-0.15, -0.1) is 0 Å². The topological polar surface area (TPSA) is 68.8 Å². The van der Waals surface area contributed by atoms with Crippen molar-refractivity contribution >= 4 is 0 Å². The van der Waals surface area contributed by atoms with Crippen LogP contribution in [0.25, 0.3) is 0 Å². The Labute approximate surface area is 118 Å². The molecule has 0 fully saturated rings. The van der Waals surface area contributed by atoms with Crippen LogP contribution in [0.5, 0.6) is 0 Å². The predicted molar refractivity (Wildman–Crippen MR) is 75.2 cm³/mol. The number of nitrogens with zero attached hydrogens (tertiary/aromatic N) is 3. The third-order valence-corrected chi connectivity index (χ3v) is 3.32. The molecule has 1 heterocycles. The van der Waals surface area contributed by atoms with E-state index in [0.717, 1.165) is 18.8 Å². The van der Waals surface area contributed by atoms with E-state index in [0.29, 0.717) is 17.5 Å². The molecule has 6 heteroatoms. The molecule has 0 saturated heterocycles. The van der Waals surface area contributed by atoms with Gasteiger partial charge in [-0.1, -0.05) is 25.1 Å². The van der Waals surface area contributed by atoms with Gasteiger partial charge in [0.2, 0.25) is 0 Å². The molecule has 1 unspecified atom stereocenters. The molecule has 5 nitrogen and oxygen atoms in total. The van der Waals surface area contributed by atoms with E-state index in [1.807, 2.05) is 10.7 Å². The van der Waals surface area contributed by atoms with Crippen molar-refractivity contribution in [1.82, 2.24) is 20.2 Å². The van der Waals surface area contributed by atoms with Crippen molar-refractivity contribution in [3.63, 3.8) is 0 Å². The lowest BCUT2D eigenvalue weighted by Gasteiger charge is -2.17. The number of nitrogens with one attached hydrogen (secondary N) is 1. The smallest absolute Gasteiger partial charge is 0.138 e. The molecular weight excluding hydrogens is 257 g/mol. The first-order valence-corrected chi connectivity index (χ1v) is 6.75. The fourth-order valence-electron chi connectivity index (χ4n) is 2.23. The zero-order valence-corrected chi connectivity index (χ0v) is 11.8. The molecule has 1 aromatic carbocycles. The van der Waals surface area contributed by atoms with Crippen molar-refractivity contribution in [2.45, 2.75) is 39.3 Å². The molecule has 0 aliphatic rings. The van der Waals surface area contributed by atoms with Gasteiger partial charge in [0.15, 0.2) is 0 Å². The monoisotopic (exact) mass is 277 g/mol. The average molecular weight is 277 g/mol.